The molecule has 0 aliphatic carbocycles. The van der Waals surface area contributed by atoms with E-state index < -0.39 is 0 Å². The third kappa shape index (κ3) is 2.72. The molecule has 0 N–H and O–H groups in total. The molecule has 0 saturated heterocycles. The summed E-state index contributed by atoms with van der Waals surface area (Å²) in [6, 6.07) is 15.0. The summed E-state index contributed by atoms with van der Waals surface area (Å²) in [5.41, 5.74) is 2.03. The van der Waals surface area contributed by atoms with E-state index in [1.54, 1.807) is 31.4 Å². The maximum Gasteiger partial charge on any atom is 0.200 e. The molecule has 2 aromatic carbocycles. The minimum Gasteiger partial charge on any atom is -0.497 e. The van der Waals surface area contributed by atoms with Crippen LogP contribution in [0.5, 0.6) is 5.75 Å². The first kappa shape index (κ1) is 13.2. The highest BCUT2D eigenvalue weighted by molar-refractivity contribution is 5.81. The predicted molar refractivity (Wildman–Crippen MR) is 84.4 cm³/mol. The molecule has 0 radical (unpaired) electrons. The number of rotatable bonds is 3. The first-order chi connectivity index (χ1) is 10.3. The minimum atomic E-state index is -0.0673. The van der Waals surface area contributed by atoms with E-state index in [2.05, 4.69) is 0 Å². The summed E-state index contributed by atoms with van der Waals surface area (Å²) < 4.78 is 10.7. The quantitative estimate of drug-likeness (QED) is 0.727. The van der Waals surface area contributed by atoms with Gasteiger partial charge in [-0.05, 0) is 29.8 Å². The van der Waals surface area contributed by atoms with Crippen molar-refractivity contribution in [1.29, 1.82) is 0 Å². The lowest BCUT2D eigenvalue weighted by atomic mass is 10.1. The summed E-state index contributed by atoms with van der Waals surface area (Å²) in [6.07, 6.45) is 5.13. The van der Waals surface area contributed by atoms with Crippen LogP contribution in [0.25, 0.3) is 23.1 Å². The molecule has 0 atom stereocenters. The molecule has 0 bridgehead atoms. The summed E-state index contributed by atoms with van der Waals surface area (Å²) >= 11 is 0. The Bertz CT molecular complexity index is 845. The van der Waals surface area contributed by atoms with Gasteiger partial charge in [-0.3, -0.25) is 4.79 Å². The molecule has 0 saturated carbocycles. The highest BCUT2D eigenvalue weighted by Gasteiger charge is 2.06. The average molecular weight is 278 g/mol. The molecule has 0 fully saturated rings. The lowest BCUT2D eigenvalue weighted by Gasteiger charge is -2.02. The van der Waals surface area contributed by atoms with Crippen LogP contribution in [-0.2, 0) is 0 Å². The van der Waals surface area contributed by atoms with Gasteiger partial charge in [-0.1, -0.05) is 36.4 Å². The summed E-state index contributed by atoms with van der Waals surface area (Å²) in [5, 5.41) is 0.518. The van der Waals surface area contributed by atoms with Crippen molar-refractivity contribution < 1.29 is 9.15 Å². The van der Waals surface area contributed by atoms with Gasteiger partial charge in [0.2, 0.25) is 0 Å². The number of hydrogen-bond donors (Lipinski definition) is 0. The molecule has 3 nitrogen and oxygen atoms in total. The normalized spacial score (nSPS) is 11.1. The molecule has 0 spiro atoms. The zero-order valence-electron chi connectivity index (χ0n) is 11.6. The Balaban J connectivity index is 2.05. The Kier molecular flexibility index (Phi) is 3.56. The molecular weight excluding hydrogens is 264 g/mol. The highest BCUT2D eigenvalue weighted by atomic mass is 16.5. The Morgan fingerprint density at radius 3 is 2.62 bits per heavy atom. The maximum absolute atomic E-state index is 12.5. The molecule has 1 heterocycles. The standard InChI is InChI=1S/C18H14O3/c1-20-15-9-10-17-16(11-15)18(19)14(12-21-17)8-7-13-5-3-2-4-6-13/h2-12H,1H3/b8-7+. The van der Waals surface area contributed by atoms with Crippen LogP contribution in [0.2, 0.25) is 0 Å². The number of benzene rings is 2. The molecule has 104 valence electrons. The molecule has 0 aliphatic rings. The van der Waals surface area contributed by atoms with Crippen molar-refractivity contribution in [2.75, 3.05) is 7.11 Å². The molecule has 3 heteroatoms. The van der Waals surface area contributed by atoms with Crippen molar-refractivity contribution in [3.63, 3.8) is 0 Å². The van der Waals surface area contributed by atoms with Crippen LogP contribution in [0, 0.1) is 0 Å². The maximum atomic E-state index is 12.5. The van der Waals surface area contributed by atoms with Gasteiger partial charge in [-0.25, -0.2) is 0 Å². The monoisotopic (exact) mass is 278 g/mol. The first-order valence-corrected chi connectivity index (χ1v) is 6.60. The van der Waals surface area contributed by atoms with Crippen LogP contribution in [0.15, 0.2) is 64.0 Å². The Morgan fingerprint density at radius 1 is 1.05 bits per heavy atom. The van der Waals surface area contributed by atoms with Gasteiger partial charge in [0.25, 0.3) is 0 Å². The van der Waals surface area contributed by atoms with Crippen LogP contribution in [-0.4, -0.2) is 7.11 Å². The van der Waals surface area contributed by atoms with Crippen molar-refractivity contribution in [2.45, 2.75) is 0 Å². The Labute approximate surface area is 122 Å². The molecule has 0 unspecified atom stereocenters. The topological polar surface area (TPSA) is 39.4 Å². The van der Waals surface area contributed by atoms with Crippen LogP contribution in [0.4, 0.5) is 0 Å². The predicted octanol–water partition coefficient (Wildman–Crippen LogP) is 3.97. The van der Waals surface area contributed by atoms with Crippen molar-refractivity contribution in [1.82, 2.24) is 0 Å². The molecule has 3 aromatic rings. The molecular formula is C18H14O3. The minimum absolute atomic E-state index is 0.0673. The van der Waals surface area contributed by atoms with Gasteiger partial charge in [-0.15, -0.1) is 0 Å². The van der Waals surface area contributed by atoms with Gasteiger partial charge in [0.1, 0.15) is 17.6 Å². The zero-order valence-corrected chi connectivity index (χ0v) is 11.6. The van der Waals surface area contributed by atoms with Gasteiger partial charge in [0.15, 0.2) is 5.43 Å². The first-order valence-electron chi connectivity index (χ1n) is 6.60. The van der Waals surface area contributed by atoms with Crippen LogP contribution in [0.1, 0.15) is 11.1 Å². The summed E-state index contributed by atoms with van der Waals surface area (Å²) in [6.45, 7) is 0. The third-order valence-corrected chi connectivity index (χ3v) is 3.26. The molecule has 0 aliphatic heterocycles. The molecule has 0 amide bonds. The van der Waals surface area contributed by atoms with Gasteiger partial charge in [0, 0.05) is 0 Å². The van der Waals surface area contributed by atoms with E-state index in [4.69, 9.17) is 9.15 Å². The van der Waals surface area contributed by atoms with E-state index >= 15 is 0 Å². The summed E-state index contributed by atoms with van der Waals surface area (Å²) in [7, 11) is 1.57. The van der Waals surface area contributed by atoms with E-state index in [1.807, 2.05) is 36.4 Å². The van der Waals surface area contributed by atoms with Crippen molar-refractivity contribution in [2.24, 2.45) is 0 Å². The second kappa shape index (κ2) is 5.67. The molecule has 3 rings (SSSR count). The Hall–Kier alpha value is -2.81. The average Bonchev–Trinajstić information content (AvgIpc) is 2.55. The van der Waals surface area contributed by atoms with E-state index in [-0.39, 0.29) is 5.43 Å². The van der Waals surface area contributed by atoms with E-state index in [0.29, 0.717) is 22.3 Å². The van der Waals surface area contributed by atoms with E-state index in [0.717, 1.165) is 5.56 Å². The van der Waals surface area contributed by atoms with Gasteiger partial charge < -0.3 is 9.15 Å². The lowest BCUT2D eigenvalue weighted by molar-refractivity contribution is 0.415. The van der Waals surface area contributed by atoms with Crippen LogP contribution < -0.4 is 10.2 Å². The molecule has 21 heavy (non-hydrogen) atoms. The Morgan fingerprint density at radius 2 is 1.86 bits per heavy atom. The number of ether oxygens (including phenoxy) is 1. The fourth-order valence-corrected chi connectivity index (χ4v) is 2.12. The van der Waals surface area contributed by atoms with E-state index in [1.165, 1.54) is 6.26 Å². The van der Waals surface area contributed by atoms with Gasteiger partial charge in [-0.2, -0.15) is 0 Å². The second-order valence-corrected chi connectivity index (χ2v) is 4.63. The number of hydrogen-bond acceptors (Lipinski definition) is 3. The summed E-state index contributed by atoms with van der Waals surface area (Å²) in [4.78, 5) is 12.5. The third-order valence-electron chi connectivity index (χ3n) is 3.26. The second-order valence-electron chi connectivity index (χ2n) is 4.63. The van der Waals surface area contributed by atoms with Gasteiger partial charge >= 0.3 is 0 Å². The van der Waals surface area contributed by atoms with E-state index in [9.17, 15) is 4.79 Å². The van der Waals surface area contributed by atoms with Gasteiger partial charge in [0.05, 0.1) is 18.1 Å². The van der Waals surface area contributed by atoms with Crippen LogP contribution in [0.3, 0.4) is 0 Å². The SMILES string of the molecule is COc1ccc2occ(/C=C/c3ccccc3)c(=O)c2c1. The number of methoxy groups -OCH3 is 1. The fourth-order valence-electron chi connectivity index (χ4n) is 2.12. The summed E-state index contributed by atoms with van der Waals surface area (Å²) in [5.74, 6) is 0.638. The fraction of sp³-hybridized carbons (Fsp3) is 0.0556. The largest absolute Gasteiger partial charge is 0.497 e. The van der Waals surface area contributed by atoms with Crippen LogP contribution >= 0.6 is 0 Å². The van der Waals surface area contributed by atoms with Crippen molar-refractivity contribution >= 4 is 23.1 Å². The lowest BCUT2D eigenvalue weighted by Crippen LogP contribution is -2.04. The zero-order chi connectivity index (χ0) is 14.7. The highest BCUT2D eigenvalue weighted by Crippen LogP contribution is 2.19. The van der Waals surface area contributed by atoms with Crippen molar-refractivity contribution in [3.05, 3.63) is 76.1 Å². The smallest absolute Gasteiger partial charge is 0.200 e. The van der Waals surface area contributed by atoms with Crippen molar-refractivity contribution in [3.8, 4) is 5.75 Å². The molecule has 1 aromatic heterocycles. The number of fused-ring (bicyclic) bond motifs is 1.